The van der Waals surface area contributed by atoms with Crippen LogP contribution in [0.5, 0.6) is 0 Å². The predicted octanol–water partition coefficient (Wildman–Crippen LogP) is 5.60. The second-order valence-corrected chi connectivity index (χ2v) is 14.7. The molecule has 0 atom stereocenters. The van der Waals surface area contributed by atoms with Crippen LogP contribution in [0.2, 0.25) is 0 Å². The summed E-state index contributed by atoms with van der Waals surface area (Å²) < 4.78 is 33.5. The molecule has 45 heavy (non-hydrogen) atoms. The molecule has 11 nitrogen and oxygen atoms in total. The third-order valence-corrected chi connectivity index (χ3v) is 10.1. The van der Waals surface area contributed by atoms with E-state index in [1.807, 2.05) is 18.2 Å². The number of piperazine rings is 1. The molecule has 1 aliphatic rings. The van der Waals surface area contributed by atoms with Gasteiger partial charge in [-0.25, -0.2) is 13.8 Å². The molecule has 0 bridgehead atoms. The Morgan fingerprint density at radius 3 is 2.40 bits per heavy atom. The lowest BCUT2D eigenvalue weighted by molar-refractivity contribution is -0.111. The Kier molecular flexibility index (Phi) is 9.42. The SMILES string of the molecule is CN1CCN(c2cc(-c3ccc(S(=O)(=O)n4ccc(/C=C/C(=O)Nc5ccccc5NC(=O)OC(C)(C)C)c4)s3)ccn2)CC1. The van der Waals surface area contributed by atoms with Gasteiger partial charge >= 0.3 is 6.09 Å². The first kappa shape index (κ1) is 31.9. The van der Waals surface area contributed by atoms with E-state index < -0.39 is 27.6 Å². The molecule has 236 valence electrons. The van der Waals surface area contributed by atoms with Gasteiger partial charge in [0.2, 0.25) is 5.91 Å². The van der Waals surface area contributed by atoms with Crippen LogP contribution in [0.3, 0.4) is 0 Å². The number of thiophene rings is 1. The van der Waals surface area contributed by atoms with Crippen LogP contribution in [0.4, 0.5) is 22.0 Å². The molecule has 1 saturated heterocycles. The number of ether oxygens (including phenoxy) is 1. The van der Waals surface area contributed by atoms with Crippen LogP contribution in [0.15, 0.2) is 83.5 Å². The normalized spacial score (nSPS) is 14.4. The van der Waals surface area contributed by atoms with E-state index in [0.29, 0.717) is 16.9 Å². The van der Waals surface area contributed by atoms with Crippen molar-refractivity contribution in [3.63, 3.8) is 0 Å². The van der Waals surface area contributed by atoms with Gasteiger partial charge in [0.15, 0.2) is 0 Å². The Balaban J connectivity index is 1.24. The average Bonchev–Trinajstić information content (AvgIpc) is 3.68. The Labute approximate surface area is 267 Å². The fraction of sp³-hybridized carbons (Fsp3) is 0.281. The van der Waals surface area contributed by atoms with Gasteiger partial charge in [-0.1, -0.05) is 12.1 Å². The number of carbonyl (C=O) groups is 2. The largest absolute Gasteiger partial charge is 0.444 e. The van der Waals surface area contributed by atoms with Crippen molar-refractivity contribution in [3.8, 4) is 10.4 Å². The maximum Gasteiger partial charge on any atom is 0.412 e. The van der Waals surface area contributed by atoms with Crippen molar-refractivity contribution < 1.29 is 22.7 Å². The third-order valence-electron chi connectivity index (χ3n) is 6.91. The number of hydrogen-bond acceptors (Lipinski definition) is 9. The highest BCUT2D eigenvalue weighted by Crippen LogP contribution is 2.33. The fourth-order valence-corrected chi connectivity index (χ4v) is 7.21. The zero-order chi connectivity index (χ0) is 32.2. The number of para-hydroxylation sites is 2. The number of carbonyl (C=O) groups excluding carboxylic acids is 2. The van der Waals surface area contributed by atoms with Crippen LogP contribution < -0.4 is 15.5 Å². The van der Waals surface area contributed by atoms with Crippen LogP contribution in [0, 0.1) is 0 Å². The van der Waals surface area contributed by atoms with E-state index in [1.165, 1.54) is 35.9 Å². The minimum absolute atomic E-state index is 0.202. The molecule has 1 aliphatic heterocycles. The summed E-state index contributed by atoms with van der Waals surface area (Å²) >= 11 is 1.20. The van der Waals surface area contributed by atoms with Gasteiger partial charge in [-0.2, -0.15) is 8.42 Å². The van der Waals surface area contributed by atoms with E-state index in [2.05, 4.69) is 32.5 Å². The summed E-state index contributed by atoms with van der Waals surface area (Å²) in [5.74, 6) is 0.423. The van der Waals surface area contributed by atoms with Crippen molar-refractivity contribution in [2.75, 3.05) is 48.8 Å². The quantitative estimate of drug-likeness (QED) is 0.237. The molecule has 1 fully saturated rings. The van der Waals surface area contributed by atoms with E-state index in [1.54, 1.807) is 63.4 Å². The molecule has 2 amide bonds. The lowest BCUT2D eigenvalue weighted by Crippen LogP contribution is -2.44. The molecule has 3 aromatic heterocycles. The average molecular weight is 649 g/mol. The van der Waals surface area contributed by atoms with Crippen molar-refractivity contribution in [3.05, 3.63) is 84.8 Å². The molecule has 0 saturated carbocycles. The number of likely N-dealkylation sites (N-methyl/N-ethyl adjacent to an activating group) is 1. The number of hydrogen-bond donors (Lipinski definition) is 2. The molecular weight excluding hydrogens is 613 g/mol. The van der Waals surface area contributed by atoms with E-state index in [0.717, 1.165) is 46.4 Å². The van der Waals surface area contributed by atoms with Gasteiger partial charge in [-0.05, 0) is 87.5 Å². The lowest BCUT2D eigenvalue weighted by Gasteiger charge is -2.33. The Morgan fingerprint density at radius 2 is 1.69 bits per heavy atom. The summed E-state index contributed by atoms with van der Waals surface area (Å²) in [6.07, 6.45) is 6.83. The summed E-state index contributed by atoms with van der Waals surface area (Å²) in [6, 6.07) is 15.7. The highest BCUT2D eigenvalue weighted by Gasteiger charge is 2.21. The second kappa shape index (κ2) is 13.3. The first-order valence-corrected chi connectivity index (χ1v) is 16.6. The topological polar surface area (TPSA) is 126 Å². The fourth-order valence-electron chi connectivity index (χ4n) is 4.60. The number of nitrogens with one attached hydrogen (secondary N) is 2. The third kappa shape index (κ3) is 8.18. The summed E-state index contributed by atoms with van der Waals surface area (Å²) in [5.41, 5.74) is 1.53. The van der Waals surface area contributed by atoms with Crippen molar-refractivity contribution in [1.29, 1.82) is 0 Å². The van der Waals surface area contributed by atoms with Gasteiger partial charge in [0, 0.05) is 55.7 Å². The maximum absolute atomic E-state index is 13.4. The first-order chi connectivity index (χ1) is 21.4. The van der Waals surface area contributed by atoms with Crippen molar-refractivity contribution in [2.24, 2.45) is 0 Å². The molecule has 0 radical (unpaired) electrons. The summed E-state index contributed by atoms with van der Waals surface area (Å²) in [5, 5.41) is 5.37. The summed E-state index contributed by atoms with van der Waals surface area (Å²) in [4.78, 5) is 34.8. The smallest absolute Gasteiger partial charge is 0.412 e. The summed E-state index contributed by atoms with van der Waals surface area (Å²) in [7, 11) is -1.74. The molecule has 2 N–H and O–H groups in total. The van der Waals surface area contributed by atoms with Crippen LogP contribution in [-0.4, -0.2) is 73.1 Å². The molecule has 1 aromatic carbocycles. The number of rotatable bonds is 8. The van der Waals surface area contributed by atoms with Crippen molar-refractivity contribution >= 4 is 56.6 Å². The van der Waals surface area contributed by atoms with E-state index in [-0.39, 0.29) is 4.21 Å². The van der Waals surface area contributed by atoms with Gasteiger partial charge in [0.1, 0.15) is 15.6 Å². The van der Waals surface area contributed by atoms with Crippen LogP contribution in [0.25, 0.3) is 16.5 Å². The van der Waals surface area contributed by atoms with Gasteiger partial charge in [-0.15, -0.1) is 11.3 Å². The molecular formula is C32H36N6O5S2. The van der Waals surface area contributed by atoms with Crippen LogP contribution >= 0.6 is 11.3 Å². The highest BCUT2D eigenvalue weighted by atomic mass is 32.2. The highest BCUT2D eigenvalue weighted by molar-refractivity contribution is 7.92. The standard InChI is InChI=1S/C32H36N6O5S2/c1-32(2,3)43-31(40)35-26-8-6-5-7-25(26)34-29(39)11-9-23-14-16-38(22-23)45(41,42)30-12-10-27(44-30)24-13-15-33-28(21-24)37-19-17-36(4)18-20-37/h5-16,21-22H,17-20H2,1-4H3,(H,34,39)(H,35,40)/b11-9+. The molecule has 4 aromatic rings. The van der Waals surface area contributed by atoms with E-state index in [9.17, 15) is 18.0 Å². The second-order valence-electron chi connectivity index (χ2n) is 11.6. The van der Waals surface area contributed by atoms with Crippen LogP contribution in [0.1, 0.15) is 26.3 Å². The zero-order valence-corrected chi connectivity index (χ0v) is 27.2. The first-order valence-electron chi connectivity index (χ1n) is 14.4. The number of anilines is 3. The van der Waals surface area contributed by atoms with Crippen molar-refractivity contribution in [1.82, 2.24) is 13.9 Å². The van der Waals surface area contributed by atoms with Crippen LogP contribution in [-0.2, 0) is 19.6 Å². The van der Waals surface area contributed by atoms with Gasteiger partial charge < -0.3 is 19.9 Å². The van der Waals surface area contributed by atoms with E-state index in [4.69, 9.17) is 4.74 Å². The maximum atomic E-state index is 13.4. The van der Waals surface area contributed by atoms with Gasteiger partial charge in [-0.3, -0.25) is 10.1 Å². The zero-order valence-electron chi connectivity index (χ0n) is 25.6. The number of aromatic nitrogens is 2. The minimum atomic E-state index is -3.84. The Hall–Kier alpha value is -4.46. The Morgan fingerprint density at radius 1 is 0.978 bits per heavy atom. The lowest BCUT2D eigenvalue weighted by atomic mass is 10.2. The molecule has 0 spiro atoms. The number of benzene rings is 1. The minimum Gasteiger partial charge on any atom is -0.444 e. The van der Waals surface area contributed by atoms with Gasteiger partial charge in [0.05, 0.1) is 11.4 Å². The Bertz CT molecular complexity index is 1810. The molecule has 0 unspecified atom stereocenters. The van der Waals surface area contributed by atoms with Crippen molar-refractivity contribution in [2.45, 2.75) is 30.6 Å². The monoisotopic (exact) mass is 648 g/mol. The van der Waals surface area contributed by atoms with E-state index >= 15 is 0 Å². The molecule has 4 heterocycles. The molecule has 5 rings (SSSR count). The number of nitrogens with zero attached hydrogens (tertiary/aromatic N) is 4. The number of pyridine rings is 1. The predicted molar refractivity (Wildman–Crippen MR) is 178 cm³/mol. The van der Waals surface area contributed by atoms with Gasteiger partial charge in [0.25, 0.3) is 10.0 Å². The number of amides is 2. The molecule has 0 aliphatic carbocycles. The summed E-state index contributed by atoms with van der Waals surface area (Å²) in [6.45, 7) is 8.99. The molecule has 13 heteroatoms.